The number of carbonyl (C=O) groups excluding carboxylic acids is 1. The van der Waals surface area contributed by atoms with Crippen molar-refractivity contribution in [2.24, 2.45) is 0 Å². The van der Waals surface area contributed by atoms with Gasteiger partial charge in [-0.2, -0.15) is 5.10 Å². The normalized spacial score (nSPS) is 10.5. The smallest absolute Gasteiger partial charge is 0.348 e. The molecule has 0 spiro atoms. The molecule has 1 aromatic carbocycles. The van der Waals surface area contributed by atoms with E-state index in [-0.39, 0.29) is 12.6 Å². The van der Waals surface area contributed by atoms with E-state index in [1.54, 1.807) is 0 Å². The van der Waals surface area contributed by atoms with Crippen LogP contribution in [0, 0.1) is 19.3 Å². The molecule has 0 saturated heterocycles. The third kappa shape index (κ3) is 2.61. The molecule has 3 rings (SSSR count). The highest BCUT2D eigenvalue weighted by Crippen LogP contribution is 2.30. The monoisotopic (exact) mass is 310 g/mol. The van der Waals surface area contributed by atoms with Gasteiger partial charge in [-0.25, -0.2) is 9.48 Å². The minimum absolute atomic E-state index is 0.243. The summed E-state index contributed by atoms with van der Waals surface area (Å²) in [6.07, 6.45) is 5.58. The zero-order valence-electron chi connectivity index (χ0n) is 12.1. The molecular weight excluding hydrogens is 296 g/mol. The number of hydrogen-bond donors (Lipinski definition) is 0. The van der Waals surface area contributed by atoms with Gasteiger partial charge in [0, 0.05) is 11.8 Å². The maximum Gasteiger partial charge on any atom is 0.348 e. The van der Waals surface area contributed by atoms with Crippen LogP contribution in [0.15, 0.2) is 36.4 Å². The molecule has 2 aromatic heterocycles. The number of hydrogen-bond acceptors (Lipinski definition) is 4. The number of aromatic nitrogens is 2. The van der Waals surface area contributed by atoms with Crippen LogP contribution in [-0.2, 0) is 4.74 Å². The van der Waals surface area contributed by atoms with Crippen molar-refractivity contribution in [2.45, 2.75) is 13.3 Å². The van der Waals surface area contributed by atoms with Gasteiger partial charge in [-0.05, 0) is 25.1 Å². The minimum atomic E-state index is -0.338. The highest BCUT2D eigenvalue weighted by atomic mass is 32.1. The summed E-state index contributed by atoms with van der Waals surface area (Å²) in [6.45, 7) is 2.18. The summed E-state index contributed by atoms with van der Waals surface area (Å²) in [7, 11) is 0. The van der Waals surface area contributed by atoms with E-state index in [1.807, 2.05) is 48.0 Å². The lowest BCUT2D eigenvalue weighted by molar-refractivity contribution is 0.0519. The van der Waals surface area contributed by atoms with E-state index < -0.39 is 0 Å². The molecule has 4 nitrogen and oxygen atoms in total. The maximum atomic E-state index is 12.0. The first-order valence-corrected chi connectivity index (χ1v) is 7.67. The van der Waals surface area contributed by atoms with Gasteiger partial charge in [0.25, 0.3) is 0 Å². The van der Waals surface area contributed by atoms with Gasteiger partial charge in [0.1, 0.15) is 16.3 Å². The van der Waals surface area contributed by atoms with Gasteiger partial charge in [-0.1, -0.05) is 18.2 Å². The second-order valence-electron chi connectivity index (χ2n) is 4.75. The number of carbonyl (C=O) groups is 1. The standard InChI is InChI=1S/C17H14N2O2S/c1-3-4-10-21-17(20)15-11-14-12(2)18-19(16(14)22-15)13-8-6-5-7-9-13/h1,5-9,11H,4,10H2,2H3. The zero-order chi connectivity index (χ0) is 15.5. The molecule has 0 fully saturated rings. The molecule has 22 heavy (non-hydrogen) atoms. The first-order chi connectivity index (χ1) is 10.7. The van der Waals surface area contributed by atoms with Crippen molar-refractivity contribution in [3.8, 4) is 18.0 Å². The number of thiophene rings is 1. The minimum Gasteiger partial charge on any atom is -0.460 e. The molecule has 3 aromatic rings. The van der Waals surface area contributed by atoms with Crippen molar-refractivity contribution in [1.29, 1.82) is 0 Å². The number of terminal acetylenes is 1. The molecule has 0 amide bonds. The average Bonchev–Trinajstić information content (AvgIpc) is 3.09. The third-order valence-electron chi connectivity index (χ3n) is 3.23. The summed E-state index contributed by atoms with van der Waals surface area (Å²) in [6, 6.07) is 11.7. The van der Waals surface area contributed by atoms with Gasteiger partial charge >= 0.3 is 5.97 Å². The van der Waals surface area contributed by atoms with Crippen molar-refractivity contribution in [2.75, 3.05) is 6.61 Å². The molecule has 2 heterocycles. The van der Waals surface area contributed by atoms with Gasteiger partial charge in [-0.3, -0.25) is 0 Å². The van der Waals surface area contributed by atoms with Crippen LogP contribution in [0.25, 0.3) is 15.9 Å². The highest BCUT2D eigenvalue weighted by Gasteiger charge is 2.17. The van der Waals surface area contributed by atoms with Crippen LogP contribution in [0.2, 0.25) is 0 Å². The Bertz CT molecular complexity index is 856. The molecule has 0 aliphatic carbocycles. The lowest BCUT2D eigenvalue weighted by Gasteiger charge is -2.01. The second kappa shape index (κ2) is 6.04. The van der Waals surface area contributed by atoms with Gasteiger partial charge < -0.3 is 4.74 Å². The van der Waals surface area contributed by atoms with E-state index in [1.165, 1.54) is 11.3 Å². The van der Waals surface area contributed by atoms with Crippen LogP contribution in [0.4, 0.5) is 0 Å². The summed E-state index contributed by atoms with van der Waals surface area (Å²) in [5.41, 5.74) is 1.85. The van der Waals surface area contributed by atoms with Crippen LogP contribution in [-0.4, -0.2) is 22.4 Å². The SMILES string of the molecule is C#CCCOC(=O)c1cc2c(C)nn(-c3ccccc3)c2s1. The van der Waals surface area contributed by atoms with Gasteiger partial charge in [-0.15, -0.1) is 23.7 Å². The van der Waals surface area contributed by atoms with Gasteiger partial charge in [0.15, 0.2) is 0 Å². The van der Waals surface area contributed by atoms with E-state index in [0.29, 0.717) is 11.3 Å². The Morgan fingerprint density at radius 1 is 1.41 bits per heavy atom. The molecule has 5 heteroatoms. The molecular formula is C17H14N2O2S. The fourth-order valence-corrected chi connectivity index (χ4v) is 3.24. The van der Waals surface area contributed by atoms with Gasteiger partial charge in [0.2, 0.25) is 0 Å². The summed E-state index contributed by atoms with van der Waals surface area (Å²) in [5, 5.41) is 5.51. The lowest BCUT2D eigenvalue weighted by Crippen LogP contribution is -2.04. The maximum absolute atomic E-state index is 12.0. The van der Waals surface area contributed by atoms with E-state index >= 15 is 0 Å². The van der Waals surface area contributed by atoms with E-state index in [4.69, 9.17) is 11.2 Å². The number of nitrogens with zero attached hydrogens (tertiary/aromatic N) is 2. The molecule has 0 saturated carbocycles. The fraction of sp³-hybridized carbons (Fsp3) is 0.176. The molecule has 0 aliphatic heterocycles. The molecule has 0 unspecified atom stereocenters. The van der Waals surface area contributed by atoms with Crippen LogP contribution >= 0.6 is 11.3 Å². The zero-order valence-corrected chi connectivity index (χ0v) is 12.9. The number of para-hydroxylation sites is 1. The number of ether oxygens (including phenoxy) is 1. The third-order valence-corrected chi connectivity index (χ3v) is 4.32. The Balaban J connectivity index is 1.97. The number of aryl methyl sites for hydroxylation is 1. The molecule has 0 radical (unpaired) electrons. The van der Waals surface area contributed by atoms with E-state index in [0.717, 1.165) is 21.6 Å². The van der Waals surface area contributed by atoms with E-state index in [2.05, 4.69) is 11.0 Å². The molecule has 0 aliphatic rings. The number of rotatable bonds is 4. The first-order valence-electron chi connectivity index (χ1n) is 6.86. The summed E-state index contributed by atoms with van der Waals surface area (Å²) in [4.78, 5) is 13.5. The summed E-state index contributed by atoms with van der Waals surface area (Å²) >= 11 is 1.38. The summed E-state index contributed by atoms with van der Waals surface area (Å²) < 4.78 is 7.01. The Kier molecular flexibility index (Phi) is 3.94. The largest absolute Gasteiger partial charge is 0.460 e. The quantitative estimate of drug-likeness (QED) is 0.420. The van der Waals surface area contributed by atoms with Crippen LogP contribution in [0.3, 0.4) is 0 Å². The number of benzene rings is 1. The average molecular weight is 310 g/mol. The Morgan fingerprint density at radius 2 is 2.18 bits per heavy atom. The second-order valence-corrected chi connectivity index (χ2v) is 5.78. The van der Waals surface area contributed by atoms with Crippen LogP contribution < -0.4 is 0 Å². The summed E-state index contributed by atoms with van der Waals surface area (Å²) in [5.74, 6) is 2.11. The fourth-order valence-electron chi connectivity index (χ4n) is 2.17. The predicted molar refractivity (Wildman–Crippen MR) is 87.4 cm³/mol. The van der Waals surface area contributed by atoms with Gasteiger partial charge in [0.05, 0.1) is 11.4 Å². The van der Waals surface area contributed by atoms with Crippen molar-refractivity contribution in [1.82, 2.24) is 9.78 Å². The van der Waals surface area contributed by atoms with Crippen LogP contribution in [0.5, 0.6) is 0 Å². The van der Waals surface area contributed by atoms with Crippen molar-refractivity contribution in [3.63, 3.8) is 0 Å². The van der Waals surface area contributed by atoms with Crippen molar-refractivity contribution < 1.29 is 9.53 Å². The molecule has 0 N–H and O–H groups in total. The lowest BCUT2D eigenvalue weighted by atomic mass is 10.3. The number of fused-ring (bicyclic) bond motifs is 1. The number of esters is 1. The molecule has 110 valence electrons. The topological polar surface area (TPSA) is 44.1 Å². The Morgan fingerprint density at radius 3 is 2.91 bits per heavy atom. The highest BCUT2D eigenvalue weighted by molar-refractivity contribution is 7.20. The Labute approximate surface area is 132 Å². The van der Waals surface area contributed by atoms with E-state index in [9.17, 15) is 4.79 Å². The Hall–Kier alpha value is -2.58. The van der Waals surface area contributed by atoms with Crippen molar-refractivity contribution >= 4 is 27.5 Å². The molecule has 0 atom stereocenters. The first kappa shape index (κ1) is 14.4. The molecule has 0 bridgehead atoms. The van der Waals surface area contributed by atoms with Crippen LogP contribution in [0.1, 0.15) is 21.8 Å². The van der Waals surface area contributed by atoms with Crippen molar-refractivity contribution in [3.05, 3.63) is 47.0 Å². The predicted octanol–water partition coefficient (Wildman–Crippen LogP) is 3.58.